The molecule has 184 valence electrons. The quantitative estimate of drug-likeness (QED) is 0.285. The normalized spacial score (nSPS) is 10.7. The third-order valence-electron chi connectivity index (χ3n) is 3.89. The molecule has 0 fully saturated rings. The van der Waals surface area contributed by atoms with Gasteiger partial charge in [-0.25, -0.2) is 4.79 Å². The van der Waals surface area contributed by atoms with Crippen molar-refractivity contribution in [1.82, 2.24) is 9.88 Å². The van der Waals surface area contributed by atoms with Crippen LogP contribution in [0, 0.1) is 11.3 Å². The van der Waals surface area contributed by atoms with Crippen molar-refractivity contribution in [2.75, 3.05) is 18.6 Å². The number of nitrogens with one attached hydrogen (secondary N) is 2. The molecule has 14 heteroatoms. The highest BCUT2D eigenvalue weighted by atomic mass is 35.5. The number of pyridine rings is 1. The number of imide groups is 1. The molecular weight excluding hydrogens is 505 g/mol. The molecule has 0 radical (unpaired) electrons. The van der Waals surface area contributed by atoms with Gasteiger partial charge in [0.05, 0.1) is 35.1 Å². The minimum atomic E-state index is -1.08. The average molecular weight is 524 g/mol. The van der Waals surface area contributed by atoms with Crippen molar-refractivity contribution in [2.45, 2.75) is 20.4 Å². The molecule has 1 heterocycles. The SMILES string of the molecule is CCOC(=O)Cn1cc(Oc2c(Cl)cc(NN=C(C#N)C(=O)NC(=O)OCC)cc2Cl)ccc1=O. The number of anilines is 1. The number of ether oxygens (including phenoxy) is 3. The van der Waals surface area contributed by atoms with Gasteiger partial charge < -0.3 is 18.8 Å². The van der Waals surface area contributed by atoms with E-state index in [1.807, 2.05) is 5.32 Å². The summed E-state index contributed by atoms with van der Waals surface area (Å²) < 4.78 is 16.2. The first-order valence-corrected chi connectivity index (χ1v) is 10.7. The third kappa shape index (κ3) is 8.02. The van der Waals surface area contributed by atoms with Crippen molar-refractivity contribution in [3.8, 4) is 17.6 Å². The molecular formula is C21H19Cl2N5O7. The first-order chi connectivity index (χ1) is 16.7. The fourth-order valence-electron chi connectivity index (χ4n) is 2.44. The molecule has 0 bridgehead atoms. The summed E-state index contributed by atoms with van der Waals surface area (Å²) in [5.41, 5.74) is 1.52. The zero-order valence-corrected chi connectivity index (χ0v) is 20.0. The minimum Gasteiger partial charge on any atom is -0.465 e. The van der Waals surface area contributed by atoms with E-state index in [9.17, 15) is 19.2 Å². The topological polar surface area (TPSA) is 161 Å². The number of nitriles is 1. The van der Waals surface area contributed by atoms with Gasteiger partial charge in [0.1, 0.15) is 18.4 Å². The molecule has 2 N–H and O–H groups in total. The third-order valence-corrected chi connectivity index (χ3v) is 4.45. The largest absolute Gasteiger partial charge is 0.465 e. The van der Waals surface area contributed by atoms with Crippen molar-refractivity contribution >= 4 is 52.6 Å². The Morgan fingerprint density at radius 1 is 1.11 bits per heavy atom. The lowest BCUT2D eigenvalue weighted by atomic mass is 10.3. The Bertz CT molecular complexity index is 1230. The van der Waals surface area contributed by atoms with E-state index >= 15 is 0 Å². The first kappa shape index (κ1) is 27.2. The molecule has 2 rings (SSSR count). The van der Waals surface area contributed by atoms with Crippen LogP contribution >= 0.6 is 23.2 Å². The highest BCUT2D eigenvalue weighted by Crippen LogP contribution is 2.38. The van der Waals surface area contributed by atoms with E-state index in [4.69, 9.17) is 37.9 Å². The van der Waals surface area contributed by atoms with Crippen LogP contribution in [0.15, 0.2) is 40.4 Å². The Kier molecular flexibility index (Phi) is 10.1. The van der Waals surface area contributed by atoms with E-state index in [1.54, 1.807) is 19.9 Å². The summed E-state index contributed by atoms with van der Waals surface area (Å²) in [6, 6.07) is 6.80. The Hall–Kier alpha value is -4.08. The molecule has 0 spiro atoms. The van der Waals surface area contributed by atoms with Crippen LogP contribution in [-0.2, 0) is 25.6 Å². The van der Waals surface area contributed by atoms with Gasteiger partial charge in [0, 0.05) is 6.07 Å². The molecule has 0 aliphatic heterocycles. The van der Waals surface area contributed by atoms with E-state index in [1.165, 1.54) is 30.5 Å². The number of alkyl carbamates (subject to hydrolysis) is 1. The van der Waals surface area contributed by atoms with E-state index in [0.717, 1.165) is 4.57 Å². The van der Waals surface area contributed by atoms with Crippen LogP contribution in [-0.4, -0.2) is 41.5 Å². The summed E-state index contributed by atoms with van der Waals surface area (Å²) >= 11 is 12.5. The second-order valence-corrected chi connectivity index (χ2v) is 7.18. The second kappa shape index (κ2) is 13.0. The number of esters is 1. The number of hydrogen-bond acceptors (Lipinski definition) is 10. The Morgan fingerprint density at radius 2 is 1.77 bits per heavy atom. The van der Waals surface area contributed by atoms with Crippen LogP contribution in [0.2, 0.25) is 10.0 Å². The van der Waals surface area contributed by atoms with E-state index in [0.29, 0.717) is 0 Å². The number of carbonyl (C=O) groups is 3. The van der Waals surface area contributed by atoms with Gasteiger partial charge in [-0.1, -0.05) is 23.2 Å². The highest BCUT2D eigenvalue weighted by Gasteiger charge is 2.16. The summed E-state index contributed by atoms with van der Waals surface area (Å²) in [6.07, 6.45) is 0.269. The summed E-state index contributed by atoms with van der Waals surface area (Å²) in [5, 5.41) is 14.6. The summed E-state index contributed by atoms with van der Waals surface area (Å²) in [5.74, 6) is -1.47. The van der Waals surface area contributed by atoms with Crippen molar-refractivity contribution < 1.29 is 28.6 Å². The molecule has 35 heavy (non-hydrogen) atoms. The number of benzene rings is 1. The van der Waals surface area contributed by atoms with Gasteiger partial charge in [-0.2, -0.15) is 10.4 Å². The maximum absolute atomic E-state index is 12.0. The minimum absolute atomic E-state index is 0.0211. The van der Waals surface area contributed by atoms with Crippen LogP contribution < -0.4 is 21.0 Å². The highest BCUT2D eigenvalue weighted by molar-refractivity contribution is 6.47. The fourth-order valence-corrected chi connectivity index (χ4v) is 3.01. The lowest BCUT2D eigenvalue weighted by Gasteiger charge is -2.13. The van der Waals surface area contributed by atoms with Crippen LogP contribution in [0.5, 0.6) is 11.5 Å². The number of halogens is 2. The van der Waals surface area contributed by atoms with Gasteiger partial charge in [-0.05, 0) is 32.0 Å². The maximum Gasteiger partial charge on any atom is 0.414 e. The molecule has 1 aromatic heterocycles. The molecule has 1 aromatic carbocycles. The molecule has 2 aromatic rings. The molecule has 0 unspecified atom stereocenters. The van der Waals surface area contributed by atoms with E-state index in [-0.39, 0.29) is 47.0 Å². The molecule has 0 saturated heterocycles. The van der Waals surface area contributed by atoms with Crippen molar-refractivity contribution in [3.05, 3.63) is 50.9 Å². The lowest BCUT2D eigenvalue weighted by molar-refractivity contribution is -0.143. The number of hydrogen-bond donors (Lipinski definition) is 2. The molecule has 0 aliphatic carbocycles. The average Bonchev–Trinajstić information content (AvgIpc) is 2.79. The number of rotatable bonds is 9. The summed E-state index contributed by atoms with van der Waals surface area (Å²) in [6.45, 7) is 3.09. The summed E-state index contributed by atoms with van der Waals surface area (Å²) in [4.78, 5) is 46.9. The summed E-state index contributed by atoms with van der Waals surface area (Å²) in [7, 11) is 0. The molecule has 0 saturated carbocycles. The molecule has 0 atom stereocenters. The van der Waals surface area contributed by atoms with Gasteiger partial charge in [-0.3, -0.25) is 25.1 Å². The van der Waals surface area contributed by atoms with Gasteiger partial charge >= 0.3 is 12.1 Å². The first-order valence-electron chi connectivity index (χ1n) is 9.93. The monoisotopic (exact) mass is 523 g/mol. The van der Waals surface area contributed by atoms with Crippen molar-refractivity contribution in [3.63, 3.8) is 0 Å². The Morgan fingerprint density at radius 3 is 2.37 bits per heavy atom. The number of hydrazone groups is 1. The standard InChI is InChI=1S/C21H19Cl2N5O7/c1-3-33-18(30)11-28-10-13(5-6-17(28)29)35-19-14(22)7-12(8-15(19)23)26-27-16(9-24)20(31)25-21(32)34-4-2/h5-8,10,26H,3-4,11H2,1-2H3,(H,25,31,32). The van der Waals surface area contributed by atoms with Crippen LogP contribution in [0.1, 0.15) is 13.8 Å². The zero-order valence-electron chi connectivity index (χ0n) is 18.5. The van der Waals surface area contributed by atoms with Crippen molar-refractivity contribution in [2.24, 2.45) is 5.10 Å². The number of nitrogens with zero attached hydrogens (tertiary/aromatic N) is 3. The zero-order chi connectivity index (χ0) is 26.0. The van der Waals surface area contributed by atoms with Crippen molar-refractivity contribution in [1.29, 1.82) is 5.26 Å². The number of amides is 2. The fraction of sp³-hybridized carbons (Fsp3) is 0.238. The predicted molar refractivity (Wildman–Crippen MR) is 126 cm³/mol. The van der Waals surface area contributed by atoms with Crippen LogP contribution in [0.4, 0.5) is 10.5 Å². The van der Waals surface area contributed by atoms with Gasteiger partial charge in [0.2, 0.25) is 5.71 Å². The number of aromatic nitrogens is 1. The van der Waals surface area contributed by atoms with Crippen LogP contribution in [0.3, 0.4) is 0 Å². The van der Waals surface area contributed by atoms with Crippen LogP contribution in [0.25, 0.3) is 0 Å². The maximum atomic E-state index is 12.0. The lowest BCUT2D eigenvalue weighted by Crippen LogP contribution is -2.36. The Labute approximate surface area is 209 Å². The second-order valence-electron chi connectivity index (χ2n) is 6.37. The van der Waals surface area contributed by atoms with E-state index < -0.39 is 29.2 Å². The Balaban J connectivity index is 2.19. The molecule has 0 aliphatic rings. The smallest absolute Gasteiger partial charge is 0.414 e. The van der Waals surface area contributed by atoms with Gasteiger partial charge in [0.15, 0.2) is 5.75 Å². The number of carbonyl (C=O) groups excluding carboxylic acids is 3. The predicted octanol–water partition coefficient (Wildman–Crippen LogP) is 3.07. The van der Waals surface area contributed by atoms with Gasteiger partial charge in [0.25, 0.3) is 11.5 Å². The van der Waals surface area contributed by atoms with E-state index in [2.05, 4.69) is 15.3 Å². The van der Waals surface area contributed by atoms with Gasteiger partial charge in [-0.15, -0.1) is 0 Å². The molecule has 2 amide bonds. The molecule has 12 nitrogen and oxygen atoms in total.